The number of aliphatic hydroxyl groups excluding tert-OH is 3. The van der Waals surface area contributed by atoms with E-state index in [0.717, 1.165) is 0 Å². The normalized spacial score (nSPS) is 13.6. The molecule has 0 heterocycles. The second kappa shape index (κ2) is 5.37. The van der Waals surface area contributed by atoms with Crippen LogP contribution in [0.1, 0.15) is 0 Å². The fourth-order valence-electron chi connectivity index (χ4n) is 0.397. The zero-order valence-corrected chi connectivity index (χ0v) is 5.60. The van der Waals surface area contributed by atoms with Gasteiger partial charge >= 0.3 is 0 Å². The van der Waals surface area contributed by atoms with Crippen molar-refractivity contribution in [1.82, 2.24) is 0 Å². The maximum Gasteiger partial charge on any atom is 0.174 e. The van der Waals surface area contributed by atoms with Gasteiger partial charge in [0.1, 0.15) is 6.10 Å². The summed E-state index contributed by atoms with van der Waals surface area (Å²) in [6.07, 6.45) is -0.685. The van der Waals surface area contributed by atoms with Gasteiger partial charge in [0, 0.05) is 0 Å². The van der Waals surface area contributed by atoms with Gasteiger partial charge in [-0.25, -0.2) is 0 Å². The molecule has 4 heteroatoms. The average Bonchev–Trinajstić information content (AvgIpc) is 1.99. The topological polar surface area (TPSA) is 69.9 Å². The molecule has 0 aliphatic carbocycles. The molecule has 0 aromatic carbocycles. The molecular weight excluding hydrogens is 136 g/mol. The summed E-state index contributed by atoms with van der Waals surface area (Å²) in [6.45, 7) is 2.61. The Labute approximate surface area is 59.4 Å². The van der Waals surface area contributed by atoms with E-state index in [1.54, 1.807) is 0 Å². The number of ether oxygens (including phenoxy) is 1. The molecule has 0 radical (unpaired) electrons. The molecule has 0 saturated heterocycles. The van der Waals surface area contributed by atoms with Crippen LogP contribution in [0.4, 0.5) is 0 Å². The number of rotatable bonds is 5. The summed E-state index contributed by atoms with van der Waals surface area (Å²) >= 11 is 0. The molecule has 0 saturated carbocycles. The predicted octanol–water partition coefficient (Wildman–Crippen LogP) is -1.14. The summed E-state index contributed by atoms with van der Waals surface area (Å²) in [5, 5.41) is 25.6. The van der Waals surface area contributed by atoms with Crippen LogP contribution >= 0.6 is 0 Å². The lowest BCUT2D eigenvalue weighted by Gasteiger charge is -2.14. The molecule has 0 aromatic heterocycles. The maximum atomic E-state index is 8.73. The Morgan fingerprint density at radius 3 is 2.20 bits per heavy atom. The highest BCUT2D eigenvalue weighted by Gasteiger charge is 2.08. The molecule has 3 N–H and O–H groups in total. The van der Waals surface area contributed by atoms with Crippen LogP contribution < -0.4 is 0 Å². The van der Waals surface area contributed by atoms with Crippen LogP contribution in [0.2, 0.25) is 0 Å². The van der Waals surface area contributed by atoms with Crippen LogP contribution in [-0.2, 0) is 4.74 Å². The molecule has 1 atom stereocenters. The average molecular weight is 148 g/mol. The van der Waals surface area contributed by atoms with E-state index in [2.05, 4.69) is 11.3 Å². The lowest BCUT2D eigenvalue weighted by molar-refractivity contribution is -0.131. The highest BCUT2D eigenvalue weighted by Crippen LogP contribution is 1.94. The van der Waals surface area contributed by atoms with Gasteiger partial charge in [-0.3, -0.25) is 0 Å². The van der Waals surface area contributed by atoms with E-state index in [1.807, 2.05) is 0 Å². The summed E-state index contributed by atoms with van der Waals surface area (Å²) in [6, 6.07) is 0. The van der Waals surface area contributed by atoms with Gasteiger partial charge < -0.3 is 20.1 Å². The van der Waals surface area contributed by atoms with Crippen molar-refractivity contribution < 1.29 is 20.1 Å². The van der Waals surface area contributed by atoms with Crippen LogP contribution in [0, 0.1) is 0 Å². The van der Waals surface area contributed by atoms with Gasteiger partial charge in [0.25, 0.3) is 0 Å². The highest BCUT2D eigenvalue weighted by molar-refractivity contribution is 4.71. The molecule has 0 rings (SSSR count). The Kier molecular flexibility index (Phi) is 5.15. The van der Waals surface area contributed by atoms with Crippen molar-refractivity contribution in [3.63, 3.8) is 0 Å². The maximum absolute atomic E-state index is 8.73. The third-order valence-corrected chi connectivity index (χ3v) is 0.941. The summed E-state index contributed by atoms with van der Waals surface area (Å²) in [5.41, 5.74) is 0. The first-order valence-corrected chi connectivity index (χ1v) is 2.92. The Bertz CT molecular complexity index is 89.7. The largest absolute Gasteiger partial charge is 0.394 e. The first-order chi connectivity index (χ1) is 4.74. The van der Waals surface area contributed by atoms with Crippen LogP contribution in [0.25, 0.3) is 0 Å². The molecule has 0 aliphatic rings. The first-order valence-electron chi connectivity index (χ1n) is 2.92. The van der Waals surface area contributed by atoms with Crippen molar-refractivity contribution >= 4 is 0 Å². The van der Waals surface area contributed by atoms with Crippen molar-refractivity contribution in [2.75, 3.05) is 13.2 Å². The van der Waals surface area contributed by atoms with Crippen molar-refractivity contribution in [1.29, 1.82) is 0 Å². The van der Waals surface area contributed by atoms with E-state index in [1.165, 1.54) is 6.08 Å². The Balaban J connectivity index is 3.51. The Morgan fingerprint density at radius 1 is 1.40 bits per heavy atom. The quantitative estimate of drug-likeness (QED) is 0.340. The smallest absolute Gasteiger partial charge is 0.174 e. The van der Waals surface area contributed by atoms with Gasteiger partial charge in [0.05, 0.1) is 13.2 Å². The molecule has 60 valence electrons. The van der Waals surface area contributed by atoms with Crippen LogP contribution in [-0.4, -0.2) is 40.9 Å². The van der Waals surface area contributed by atoms with Crippen molar-refractivity contribution in [3.8, 4) is 0 Å². The zero-order chi connectivity index (χ0) is 7.98. The van der Waals surface area contributed by atoms with Gasteiger partial charge in [-0.05, 0) is 6.08 Å². The Morgan fingerprint density at radius 2 is 1.90 bits per heavy atom. The number of hydrogen-bond acceptors (Lipinski definition) is 4. The molecule has 0 bridgehead atoms. The molecule has 10 heavy (non-hydrogen) atoms. The van der Waals surface area contributed by atoms with E-state index >= 15 is 0 Å². The minimum atomic E-state index is -1.12. The Hall–Kier alpha value is -0.420. The first kappa shape index (κ1) is 9.58. The molecule has 0 fully saturated rings. The van der Waals surface area contributed by atoms with E-state index in [4.69, 9.17) is 15.3 Å². The van der Waals surface area contributed by atoms with E-state index in [9.17, 15) is 0 Å². The molecule has 0 aliphatic heterocycles. The van der Waals surface area contributed by atoms with Crippen LogP contribution in [0.15, 0.2) is 12.7 Å². The molecule has 0 spiro atoms. The van der Waals surface area contributed by atoms with Crippen molar-refractivity contribution in [3.05, 3.63) is 12.7 Å². The zero-order valence-electron chi connectivity index (χ0n) is 5.60. The minimum absolute atomic E-state index is 0.318. The second-order valence-corrected chi connectivity index (χ2v) is 1.75. The molecule has 0 aromatic rings. The molecule has 1 unspecified atom stereocenters. The monoisotopic (exact) mass is 148 g/mol. The van der Waals surface area contributed by atoms with Crippen LogP contribution in [0.3, 0.4) is 0 Å². The van der Waals surface area contributed by atoms with E-state index in [0.29, 0.717) is 0 Å². The van der Waals surface area contributed by atoms with Crippen LogP contribution in [0.5, 0.6) is 0 Å². The van der Waals surface area contributed by atoms with Gasteiger partial charge in [-0.1, -0.05) is 6.58 Å². The summed E-state index contributed by atoms with van der Waals surface area (Å²) in [4.78, 5) is 0. The number of aliphatic hydroxyl groups is 3. The molecule has 0 amide bonds. The third kappa shape index (κ3) is 3.58. The lowest BCUT2D eigenvalue weighted by Crippen LogP contribution is -2.26. The molecular formula is C6H12O4. The summed E-state index contributed by atoms with van der Waals surface area (Å²) in [7, 11) is 0. The van der Waals surface area contributed by atoms with E-state index < -0.39 is 12.4 Å². The predicted molar refractivity (Wildman–Crippen MR) is 35.2 cm³/mol. The molecule has 4 nitrogen and oxygen atoms in total. The second-order valence-electron chi connectivity index (χ2n) is 1.75. The van der Waals surface area contributed by atoms with Gasteiger partial charge in [-0.15, -0.1) is 0 Å². The summed E-state index contributed by atoms with van der Waals surface area (Å²) in [5.74, 6) is 0. The highest BCUT2D eigenvalue weighted by atomic mass is 16.6. The summed E-state index contributed by atoms with van der Waals surface area (Å²) < 4.78 is 4.64. The van der Waals surface area contributed by atoms with Crippen molar-refractivity contribution in [2.24, 2.45) is 0 Å². The van der Waals surface area contributed by atoms with Gasteiger partial charge in [-0.2, -0.15) is 0 Å². The fraction of sp³-hybridized carbons (Fsp3) is 0.667. The van der Waals surface area contributed by atoms with Gasteiger partial charge in [0.2, 0.25) is 0 Å². The van der Waals surface area contributed by atoms with Crippen molar-refractivity contribution in [2.45, 2.75) is 12.4 Å². The standard InChI is InChI=1S/C6H12O4/c1-2-6(9)10-5(3-7)4-8/h2,5-9H,1,3-4H2. The SMILES string of the molecule is C=CC(O)OC(CO)CO. The van der Waals surface area contributed by atoms with E-state index in [-0.39, 0.29) is 13.2 Å². The van der Waals surface area contributed by atoms with Gasteiger partial charge in [0.15, 0.2) is 6.29 Å². The number of hydrogen-bond donors (Lipinski definition) is 3. The fourth-order valence-corrected chi connectivity index (χ4v) is 0.397. The third-order valence-electron chi connectivity index (χ3n) is 0.941. The lowest BCUT2D eigenvalue weighted by atomic mass is 10.4. The minimum Gasteiger partial charge on any atom is -0.394 e.